The molecule has 15 heteroatoms. The molecule has 0 aliphatic heterocycles. The average molecular weight is 1090 g/mol. The van der Waals surface area contributed by atoms with Crippen molar-refractivity contribution in [3.8, 4) is 5.75 Å². The van der Waals surface area contributed by atoms with Crippen LogP contribution in [0.5, 0.6) is 5.75 Å². The van der Waals surface area contributed by atoms with Gasteiger partial charge in [0.05, 0.1) is 41.0 Å². The van der Waals surface area contributed by atoms with E-state index in [0.717, 1.165) is 58.4 Å². The number of ether oxygens (including phenoxy) is 5. The van der Waals surface area contributed by atoms with Crippen LogP contribution in [0.25, 0.3) is 21.5 Å². The van der Waals surface area contributed by atoms with Crippen LogP contribution in [0.2, 0.25) is 0 Å². The summed E-state index contributed by atoms with van der Waals surface area (Å²) in [6.45, 7) is 18.9. The van der Waals surface area contributed by atoms with E-state index < -0.39 is 56.5 Å². The largest absolute Gasteiger partial charge is 0.508 e. The van der Waals surface area contributed by atoms with Gasteiger partial charge in [0, 0.05) is 25.7 Å². The lowest BCUT2D eigenvalue weighted by Crippen LogP contribution is -2.44. The lowest BCUT2D eigenvalue weighted by Gasteiger charge is -2.39. The van der Waals surface area contributed by atoms with E-state index in [0.29, 0.717) is 36.8 Å². The Morgan fingerprint density at radius 3 is 1.74 bits per heavy atom. The summed E-state index contributed by atoms with van der Waals surface area (Å²) in [5.74, 6) is -0.0428. The molecule has 0 radical (unpaired) electrons. The molecule has 426 valence electrons. The van der Waals surface area contributed by atoms with Crippen molar-refractivity contribution in [2.45, 2.75) is 163 Å². The van der Waals surface area contributed by atoms with E-state index in [4.69, 9.17) is 38.1 Å². The van der Waals surface area contributed by atoms with Crippen LogP contribution in [0.15, 0.2) is 108 Å². The lowest BCUT2D eigenvalue weighted by atomic mass is 9.65. The van der Waals surface area contributed by atoms with E-state index in [-0.39, 0.29) is 43.8 Å². The maximum Gasteiger partial charge on any atom is 0.311 e. The molecule has 5 aromatic carbocycles. The van der Waals surface area contributed by atoms with Gasteiger partial charge in [0.25, 0.3) is 10.1 Å². The van der Waals surface area contributed by atoms with Crippen LogP contribution in [-0.2, 0) is 59.0 Å². The molecule has 1 aliphatic rings. The minimum absolute atomic E-state index is 0.0324. The fourth-order valence-corrected chi connectivity index (χ4v) is 10.6. The second-order valence-corrected chi connectivity index (χ2v) is 22.9. The fourth-order valence-electron chi connectivity index (χ4n) is 9.52. The first-order valence-corrected chi connectivity index (χ1v) is 28.3. The minimum Gasteiger partial charge on any atom is -0.508 e. The minimum atomic E-state index is -3.77. The maximum absolute atomic E-state index is 13.5. The summed E-state index contributed by atoms with van der Waals surface area (Å²) in [6, 6.07) is 32.1. The van der Waals surface area contributed by atoms with E-state index in [1.54, 1.807) is 66.2 Å². The van der Waals surface area contributed by atoms with Gasteiger partial charge in [-0.2, -0.15) is 8.42 Å². The number of benzene rings is 5. The molecule has 0 aromatic heterocycles. The van der Waals surface area contributed by atoms with Crippen molar-refractivity contribution >= 4 is 49.6 Å². The first-order valence-electron chi connectivity index (χ1n) is 26.8. The summed E-state index contributed by atoms with van der Waals surface area (Å²) in [6.07, 6.45) is 4.54. The Bertz CT molecular complexity index is 2650. The third-order valence-electron chi connectivity index (χ3n) is 14.5. The number of fused-ring (bicyclic) bond motifs is 2. The number of phenols is 1. The quantitative estimate of drug-likeness (QED) is 0.0206. The second kappa shape index (κ2) is 31.2. The molecule has 0 spiro atoms. The molecular formula is C62H88O14S. The van der Waals surface area contributed by atoms with Gasteiger partial charge in [-0.05, 0) is 143 Å². The number of rotatable bonds is 21. The summed E-state index contributed by atoms with van der Waals surface area (Å²) in [4.78, 5) is 39.6. The van der Waals surface area contributed by atoms with E-state index in [1.807, 2.05) is 74.5 Å². The summed E-state index contributed by atoms with van der Waals surface area (Å²) >= 11 is 0. The first kappa shape index (κ1) is 65.9. The van der Waals surface area contributed by atoms with Gasteiger partial charge in [-0.15, -0.1) is 0 Å². The van der Waals surface area contributed by atoms with Crippen molar-refractivity contribution in [3.63, 3.8) is 0 Å². The number of methoxy groups -OCH3 is 3. The van der Waals surface area contributed by atoms with Gasteiger partial charge in [-0.1, -0.05) is 126 Å². The van der Waals surface area contributed by atoms with Gasteiger partial charge in [0.1, 0.15) is 25.1 Å². The smallest absolute Gasteiger partial charge is 0.311 e. The number of aromatic hydroxyl groups is 1. The molecule has 3 N–H and O–H groups in total. The van der Waals surface area contributed by atoms with E-state index in [9.17, 15) is 27.9 Å². The fraction of sp³-hybridized carbons (Fsp3) is 0.532. The zero-order chi connectivity index (χ0) is 57.6. The molecule has 0 bridgehead atoms. The number of hydrogen-bond acceptors (Lipinski definition) is 14. The molecule has 1 aliphatic carbocycles. The van der Waals surface area contributed by atoms with Gasteiger partial charge in [0.2, 0.25) is 0 Å². The highest BCUT2D eigenvalue weighted by Gasteiger charge is 2.49. The monoisotopic (exact) mass is 1090 g/mol. The number of carbonyl (C=O) groups is 3. The van der Waals surface area contributed by atoms with Gasteiger partial charge >= 0.3 is 17.9 Å². The van der Waals surface area contributed by atoms with Crippen LogP contribution in [0.1, 0.15) is 143 Å². The van der Waals surface area contributed by atoms with Gasteiger partial charge in [-0.3, -0.25) is 18.6 Å². The zero-order valence-corrected chi connectivity index (χ0v) is 48.7. The molecule has 14 nitrogen and oxygen atoms in total. The third-order valence-corrected chi connectivity index (χ3v) is 15.9. The van der Waals surface area contributed by atoms with Crippen LogP contribution in [0, 0.1) is 29.1 Å². The van der Waals surface area contributed by atoms with Crippen molar-refractivity contribution in [3.05, 3.63) is 120 Å². The Morgan fingerprint density at radius 2 is 1.26 bits per heavy atom. The number of esters is 3. The van der Waals surface area contributed by atoms with Crippen LogP contribution in [-0.4, -0.2) is 94.7 Å². The van der Waals surface area contributed by atoms with E-state index >= 15 is 0 Å². The number of carbonyl (C=O) groups excluding carboxylic acids is 3. The number of phenolic OH excluding ortho intramolecular Hbond substituents is 1. The summed E-state index contributed by atoms with van der Waals surface area (Å²) < 4.78 is 55.5. The van der Waals surface area contributed by atoms with Crippen LogP contribution in [0.3, 0.4) is 0 Å². The molecule has 5 aromatic rings. The van der Waals surface area contributed by atoms with Crippen LogP contribution >= 0.6 is 0 Å². The zero-order valence-electron chi connectivity index (χ0n) is 47.9. The molecule has 6 unspecified atom stereocenters. The molecule has 77 heavy (non-hydrogen) atoms. The number of hydrogen-bond donors (Lipinski definition) is 3. The molecule has 1 fully saturated rings. The third kappa shape index (κ3) is 19.5. The van der Waals surface area contributed by atoms with Gasteiger partial charge in [0.15, 0.2) is 6.29 Å². The Morgan fingerprint density at radius 1 is 0.701 bits per heavy atom. The maximum atomic E-state index is 13.5. The number of aliphatic hydroxyl groups excluding tert-OH is 2. The highest BCUT2D eigenvalue weighted by Crippen LogP contribution is 2.46. The molecule has 1 saturated carbocycles. The Kier molecular flexibility index (Phi) is 26.7. The van der Waals surface area contributed by atoms with Gasteiger partial charge < -0.3 is 39.0 Å². The van der Waals surface area contributed by atoms with Crippen LogP contribution in [0.4, 0.5) is 0 Å². The number of aryl methyl sites for hydroxylation is 1. The second-order valence-electron chi connectivity index (χ2n) is 21.3. The molecular weight excluding hydrogens is 1000 g/mol. The predicted octanol–water partition coefficient (Wildman–Crippen LogP) is 12.5. The van der Waals surface area contributed by atoms with Crippen molar-refractivity contribution in [2.24, 2.45) is 22.2 Å². The average Bonchev–Trinajstić information content (AvgIpc) is 3.42. The molecule has 0 amide bonds. The van der Waals surface area contributed by atoms with E-state index in [1.165, 1.54) is 24.8 Å². The Hall–Kier alpha value is -5.42. The number of aliphatic hydroxyl groups is 2. The highest BCUT2D eigenvalue weighted by atomic mass is 32.2. The van der Waals surface area contributed by atoms with Crippen molar-refractivity contribution in [2.75, 3.05) is 34.5 Å². The summed E-state index contributed by atoms with van der Waals surface area (Å²) in [5, 5.41) is 32.0. The van der Waals surface area contributed by atoms with Crippen molar-refractivity contribution in [1.29, 1.82) is 0 Å². The summed E-state index contributed by atoms with van der Waals surface area (Å²) in [5.41, 5.74) is -0.0370. The first-order chi connectivity index (χ1) is 36.4. The van der Waals surface area contributed by atoms with E-state index in [2.05, 4.69) is 33.8 Å². The normalized spacial score (nSPS) is 16.9. The SMILES string of the molecule is CCC(C)(CC(C)(CC(C)(C)C(=O)OCc1c2ccccc2cc2ccccc12)C(=O)OC)C(=O)OCCO.CCC(C)C(OC)OC.CCC(C)c1ccc(O)cc1.Cc1ccc(S(=O)(=O)OC2CCCCC2O)cc1. The molecule has 0 heterocycles. The summed E-state index contributed by atoms with van der Waals surface area (Å²) in [7, 11) is 0.861. The van der Waals surface area contributed by atoms with Crippen molar-refractivity contribution < 1.29 is 66.0 Å². The molecule has 0 saturated heterocycles. The Labute approximate surface area is 458 Å². The van der Waals surface area contributed by atoms with Crippen molar-refractivity contribution in [1.82, 2.24) is 0 Å². The molecule has 6 atom stereocenters. The standard InChI is InChI=1S/C32H40O7.C13H18O4S.C10H14O.C7H16O2/c1-7-31(4,29(36)38-17-16-33)21-32(5,28(35)37-6)20-30(2,3)27(34)39-19-26-24-14-10-8-12-22(24)18-23-13-9-11-15-25(23)26;1-10-6-8-11(9-7-10)18(15,16)17-13-5-3-2-4-12(13)14;1-3-8(2)9-4-6-10(11)7-5-9;1-5-6(2)7(8-3)9-4/h8-15,18,33H,7,16-17,19-21H2,1-6H3;6-9,12-14H,2-5H2,1H3;4-8,11H,3H2,1-2H3;6-7H,5H2,1-4H3. The lowest BCUT2D eigenvalue weighted by molar-refractivity contribution is -0.168. The topological polar surface area (TPSA) is 201 Å². The molecule has 6 rings (SSSR count). The highest BCUT2D eigenvalue weighted by molar-refractivity contribution is 7.86. The van der Waals surface area contributed by atoms with Crippen LogP contribution < -0.4 is 0 Å². The Balaban J connectivity index is 0.000000333. The van der Waals surface area contributed by atoms with Gasteiger partial charge in [-0.25, -0.2) is 0 Å². The predicted molar refractivity (Wildman–Crippen MR) is 303 cm³/mol.